The predicted molar refractivity (Wildman–Crippen MR) is 87.7 cm³/mol. The van der Waals surface area contributed by atoms with Crippen LogP contribution in [-0.4, -0.2) is 43.4 Å². The smallest absolute Gasteiger partial charge is 0.336 e. The van der Waals surface area contributed by atoms with Crippen LogP contribution in [0.5, 0.6) is 0 Å². The van der Waals surface area contributed by atoms with E-state index in [0.717, 1.165) is 18.9 Å². The van der Waals surface area contributed by atoms with E-state index >= 15 is 0 Å². The molecule has 23 heavy (non-hydrogen) atoms. The number of carbonyl (C=O) groups is 2. The van der Waals surface area contributed by atoms with Crippen LogP contribution in [0.2, 0.25) is 0 Å². The van der Waals surface area contributed by atoms with Crippen LogP contribution in [0.15, 0.2) is 17.0 Å². The molecule has 6 nitrogen and oxygen atoms in total. The molecule has 128 valence electrons. The van der Waals surface area contributed by atoms with E-state index in [-0.39, 0.29) is 21.6 Å². The van der Waals surface area contributed by atoms with Crippen LogP contribution < -0.4 is 0 Å². The van der Waals surface area contributed by atoms with E-state index in [2.05, 4.69) is 0 Å². The Labute approximate surface area is 140 Å². The van der Waals surface area contributed by atoms with Gasteiger partial charge in [0.15, 0.2) is 0 Å². The Bertz CT molecular complexity index is 709. The summed E-state index contributed by atoms with van der Waals surface area (Å²) < 4.78 is 23.3. The average molecular weight is 362 g/mol. The normalized spacial score (nSPS) is 11.3. The molecule has 1 aromatic carbocycles. The fourth-order valence-electron chi connectivity index (χ4n) is 2.32. The molecule has 1 N–H and O–H groups in total. The number of carboxylic acid groups (broad SMARTS) is 1. The van der Waals surface area contributed by atoms with E-state index in [1.807, 2.05) is 13.8 Å². The second kappa shape index (κ2) is 7.79. The lowest BCUT2D eigenvalue weighted by Crippen LogP contribution is -2.32. The van der Waals surface area contributed by atoms with Gasteiger partial charge in [-0.05, 0) is 37.5 Å². The Morgan fingerprint density at radius 2 is 1.70 bits per heavy atom. The molecular formula is C15H20ClNO5S. The van der Waals surface area contributed by atoms with Gasteiger partial charge in [0, 0.05) is 29.3 Å². The van der Waals surface area contributed by atoms with E-state index in [1.165, 1.54) is 13.0 Å². The number of halogens is 1. The van der Waals surface area contributed by atoms with Gasteiger partial charge >= 0.3 is 5.97 Å². The molecule has 0 aliphatic heterocycles. The first-order valence-electron chi connectivity index (χ1n) is 7.25. The summed E-state index contributed by atoms with van der Waals surface area (Å²) in [5.74, 6) is -1.71. The molecule has 0 saturated heterocycles. The maximum atomic E-state index is 12.6. The quantitative estimate of drug-likeness (QED) is 0.754. The third-order valence-corrected chi connectivity index (χ3v) is 4.82. The maximum Gasteiger partial charge on any atom is 0.336 e. The lowest BCUT2D eigenvalue weighted by molar-refractivity contribution is 0.0695. The highest BCUT2D eigenvalue weighted by Crippen LogP contribution is 2.25. The summed E-state index contributed by atoms with van der Waals surface area (Å²) in [6.07, 6.45) is 1.48. The number of nitrogens with zero attached hydrogens (tertiary/aromatic N) is 1. The van der Waals surface area contributed by atoms with Crippen molar-refractivity contribution in [2.75, 3.05) is 13.1 Å². The van der Waals surface area contributed by atoms with Gasteiger partial charge in [-0.25, -0.2) is 13.2 Å². The number of rotatable bonds is 7. The maximum absolute atomic E-state index is 12.6. The molecule has 8 heteroatoms. The molecule has 0 aliphatic carbocycles. The Morgan fingerprint density at radius 3 is 2.09 bits per heavy atom. The second-order valence-electron chi connectivity index (χ2n) is 5.18. The molecule has 0 heterocycles. The number of hydrogen-bond acceptors (Lipinski definition) is 4. The number of carbonyl (C=O) groups excluding carboxylic acids is 1. The first-order chi connectivity index (χ1) is 10.6. The zero-order valence-corrected chi connectivity index (χ0v) is 14.9. The van der Waals surface area contributed by atoms with Gasteiger partial charge in [0.25, 0.3) is 15.0 Å². The fraction of sp³-hybridized carbons (Fsp3) is 0.467. The van der Waals surface area contributed by atoms with E-state index in [9.17, 15) is 23.1 Å². The summed E-state index contributed by atoms with van der Waals surface area (Å²) in [5, 5.41) is 9.24. The molecule has 0 aromatic heterocycles. The predicted octanol–water partition coefficient (Wildman–Crippen LogP) is 2.88. The van der Waals surface area contributed by atoms with Crippen LogP contribution >= 0.6 is 10.7 Å². The number of aromatic carboxylic acids is 1. The minimum atomic E-state index is -4.16. The van der Waals surface area contributed by atoms with Gasteiger partial charge in [-0.2, -0.15) is 0 Å². The standard InChI is InChI=1S/C15H20ClNO5S/c1-4-6-17(7-5-2)14(18)11-8-12(15(19)20)10(3)13(9-11)23(16,21)22/h8-9H,4-7H2,1-3H3,(H,19,20). The molecule has 0 unspecified atom stereocenters. The summed E-state index contributed by atoms with van der Waals surface area (Å²) in [7, 11) is 1.22. The second-order valence-corrected chi connectivity index (χ2v) is 7.72. The number of amides is 1. The van der Waals surface area contributed by atoms with Gasteiger partial charge in [-0.15, -0.1) is 0 Å². The van der Waals surface area contributed by atoms with Crippen molar-refractivity contribution in [3.05, 3.63) is 28.8 Å². The third kappa shape index (κ3) is 4.68. The van der Waals surface area contributed by atoms with Crippen molar-refractivity contribution in [3.63, 3.8) is 0 Å². The van der Waals surface area contributed by atoms with Crippen molar-refractivity contribution in [2.24, 2.45) is 0 Å². The Balaban J connectivity index is 3.50. The average Bonchev–Trinajstić information content (AvgIpc) is 2.45. The third-order valence-electron chi connectivity index (χ3n) is 3.37. The van der Waals surface area contributed by atoms with Crippen molar-refractivity contribution < 1.29 is 23.1 Å². The summed E-state index contributed by atoms with van der Waals surface area (Å²) in [5.41, 5.74) is -0.223. The fourth-order valence-corrected chi connectivity index (χ4v) is 3.55. The van der Waals surface area contributed by atoms with Crippen LogP contribution in [0, 0.1) is 6.92 Å². The Hall–Kier alpha value is -1.60. The van der Waals surface area contributed by atoms with Crippen molar-refractivity contribution in [3.8, 4) is 0 Å². The highest BCUT2D eigenvalue weighted by atomic mass is 35.7. The van der Waals surface area contributed by atoms with Crippen LogP contribution in [0.1, 0.15) is 53.0 Å². The van der Waals surface area contributed by atoms with Crippen LogP contribution in [0.4, 0.5) is 0 Å². The lowest BCUT2D eigenvalue weighted by Gasteiger charge is -2.22. The number of hydrogen-bond donors (Lipinski definition) is 1. The van der Waals surface area contributed by atoms with Gasteiger partial charge in [0.2, 0.25) is 0 Å². The van der Waals surface area contributed by atoms with Crippen molar-refractivity contribution in [1.82, 2.24) is 4.90 Å². The summed E-state index contributed by atoms with van der Waals surface area (Å²) in [4.78, 5) is 25.1. The van der Waals surface area contributed by atoms with Gasteiger partial charge in [0.1, 0.15) is 0 Å². The zero-order chi connectivity index (χ0) is 17.8. The molecule has 0 spiro atoms. The molecular weight excluding hydrogens is 342 g/mol. The molecule has 0 atom stereocenters. The molecule has 0 bridgehead atoms. The van der Waals surface area contributed by atoms with Crippen LogP contribution in [0.25, 0.3) is 0 Å². The summed E-state index contributed by atoms with van der Waals surface area (Å²) in [6.45, 7) is 6.20. The van der Waals surface area contributed by atoms with Crippen molar-refractivity contribution in [1.29, 1.82) is 0 Å². The summed E-state index contributed by atoms with van der Waals surface area (Å²) >= 11 is 0. The van der Waals surface area contributed by atoms with Gasteiger partial charge in [-0.3, -0.25) is 4.79 Å². The molecule has 1 aromatic rings. The lowest BCUT2D eigenvalue weighted by atomic mass is 10.0. The molecule has 0 radical (unpaired) electrons. The van der Waals surface area contributed by atoms with Gasteiger partial charge in [0.05, 0.1) is 10.5 Å². The number of benzene rings is 1. The highest BCUT2D eigenvalue weighted by Gasteiger charge is 2.24. The van der Waals surface area contributed by atoms with Crippen LogP contribution in [-0.2, 0) is 9.05 Å². The minimum absolute atomic E-state index is 0.00845. The largest absolute Gasteiger partial charge is 0.478 e. The highest BCUT2D eigenvalue weighted by molar-refractivity contribution is 8.13. The Kier molecular flexibility index (Phi) is 6.58. The monoisotopic (exact) mass is 361 g/mol. The van der Waals surface area contributed by atoms with Gasteiger partial charge in [-0.1, -0.05) is 13.8 Å². The van der Waals surface area contributed by atoms with Gasteiger partial charge < -0.3 is 10.0 Å². The van der Waals surface area contributed by atoms with E-state index in [1.54, 1.807) is 4.90 Å². The molecule has 0 fully saturated rings. The topological polar surface area (TPSA) is 91.8 Å². The van der Waals surface area contributed by atoms with E-state index in [0.29, 0.717) is 13.1 Å². The Morgan fingerprint density at radius 1 is 1.17 bits per heavy atom. The molecule has 0 aliphatic rings. The zero-order valence-electron chi connectivity index (χ0n) is 13.3. The summed E-state index contributed by atoms with van der Waals surface area (Å²) in [6, 6.07) is 2.34. The molecule has 0 saturated carbocycles. The molecule has 1 rings (SSSR count). The van der Waals surface area contributed by atoms with E-state index in [4.69, 9.17) is 10.7 Å². The van der Waals surface area contributed by atoms with Crippen molar-refractivity contribution >= 4 is 31.6 Å². The van der Waals surface area contributed by atoms with Crippen molar-refractivity contribution in [2.45, 2.75) is 38.5 Å². The minimum Gasteiger partial charge on any atom is -0.478 e. The first kappa shape index (κ1) is 19.4. The first-order valence-corrected chi connectivity index (χ1v) is 9.56. The SMILES string of the molecule is CCCN(CCC)C(=O)c1cc(C(=O)O)c(C)c(S(=O)(=O)Cl)c1. The van der Waals surface area contributed by atoms with Crippen LogP contribution in [0.3, 0.4) is 0 Å². The molecule has 1 amide bonds. The number of carboxylic acids is 1. The van der Waals surface area contributed by atoms with E-state index < -0.39 is 20.9 Å².